The molecule has 1 unspecified atom stereocenters. The average molecular weight is 208 g/mol. The van der Waals surface area contributed by atoms with Crippen molar-refractivity contribution in [2.24, 2.45) is 0 Å². The predicted octanol–water partition coefficient (Wildman–Crippen LogP) is 0.670. The minimum Gasteiger partial charge on any atom is -0.373 e. The predicted molar refractivity (Wildman–Crippen MR) is 60.9 cm³/mol. The van der Waals surface area contributed by atoms with E-state index in [1.165, 1.54) is 0 Å². The molecule has 82 valence electrons. The summed E-state index contributed by atoms with van der Waals surface area (Å²) in [6.07, 6.45) is 0. The van der Waals surface area contributed by atoms with E-state index >= 15 is 0 Å². The quantitative estimate of drug-likeness (QED) is 0.680. The SMILES string of the molecule is CNC(=O)C(C)Nc1cccc(NC)n1. The smallest absolute Gasteiger partial charge is 0.241 e. The summed E-state index contributed by atoms with van der Waals surface area (Å²) >= 11 is 0. The van der Waals surface area contributed by atoms with Gasteiger partial charge in [-0.25, -0.2) is 4.98 Å². The second-order valence-electron chi connectivity index (χ2n) is 3.14. The lowest BCUT2D eigenvalue weighted by atomic mass is 10.3. The Morgan fingerprint density at radius 2 is 2.00 bits per heavy atom. The van der Waals surface area contributed by atoms with E-state index in [4.69, 9.17) is 0 Å². The van der Waals surface area contributed by atoms with Gasteiger partial charge in [0.25, 0.3) is 0 Å². The van der Waals surface area contributed by atoms with Crippen LogP contribution in [0.15, 0.2) is 18.2 Å². The normalized spacial score (nSPS) is 11.7. The topological polar surface area (TPSA) is 66.1 Å². The molecule has 5 heteroatoms. The molecular weight excluding hydrogens is 192 g/mol. The molecule has 1 rings (SSSR count). The van der Waals surface area contributed by atoms with E-state index in [0.29, 0.717) is 5.82 Å². The van der Waals surface area contributed by atoms with Crippen LogP contribution in [0.1, 0.15) is 6.92 Å². The molecule has 0 fully saturated rings. The lowest BCUT2D eigenvalue weighted by Gasteiger charge is -2.13. The number of amides is 1. The van der Waals surface area contributed by atoms with Crippen molar-refractivity contribution in [2.45, 2.75) is 13.0 Å². The fraction of sp³-hybridized carbons (Fsp3) is 0.400. The number of hydrogen-bond donors (Lipinski definition) is 3. The number of likely N-dealkylation sites (N-methyl/N-ethyl adjacent to an activating group) is 1. The number of rotatable bonds is 4. The third-order valence-corrected chi connectivity index (χ3v) is 2.01. The van der Waals surface area contributed by atoms with E-state index in [2.05, 4.69) is 20.9 Å². The molecular formula is C10H16N4O. The first-order valence-corrected chi connectivity index (χ1v) is 4.80. The van der Waals surface area contributed by atoms with Gasteiger partial charge in [-0.15, -0.1) is 0 Å². The summed E-state index contributed by atoms with van der Waals surface area (Å²) in [5, 5.41) is 8.51. The summed E-state index contributed by atoms with van der Waals surface area (Å²) in [4.78, 5) is 15.5. The molecule has 1 aromatic rings. The van der Waals surface area contributed by atoms with E-state index < -0.39 is 0 Å². The molecule has 0 bridgehead atoms. The maximum atomic E-state index is 11.3. The maximum absolute atomic E-state index is 11.3. The molecule has 0 saturated carbocycles. The molecule has 0 spiro atoms. The Morgan fingerprint density at radius 1 is 1.33 bits per heavy atom. The molecule has 0 aliphatic rings. The Kier molecular flexibility index (Phi) is 3.91. The van der Waals surface area contributed by atoms with Crippen LogP contribution in [0.2, 0.25) is 0 Å². The highest BCUT2D eigenvalue weighted by molar-refractivity contribution is 5.83. The first kappa shape index (κ1) is 11.3. The lowest BCUT2D eigenvalue weighted by molar-refractivity contribution is -0.121. The molecule has 1 aromatic heterocycles. The molecule has 0 aliphatic heterocycles. The van der Waals surface area contributed by atoms with Crippen molar-refractivity contribution in [3.63, 3.8) is 0 Å². The van der Waals surface area contributed by atoms with Gasteiger partial charge in [-0.3, -0.25) is 4.79 Å². The fourth-order valence-electron chi connectivity index (χ4n) is 1.16. The summed E-state index contributed by atoms with van der Waals surface area (Å²) < 4.78 is 0. The van der Waals surface area contributed by atoms with Gasteiger partial charge >= 0.3 is 0 Å². The van der Waals surface area contributed by atoms with E-state index in [1.807, 2.05) is 18.2 Å². The van der Waals surface area contributed by atoms with Gasteiger partial charge in [0.15, 0.2) is 0 Å². The summed E-state index contributed by atoms with van der Waals surface area (Å²) in [7, 11) is 3.41. The summed E-state index contributed by atoms with van der Waals surface area (Å²) in [5.41, 5.74) is 0. The lowest BCUT2D eigenvalue weighted by Crippen LogP contribution is -2.35. The zero-order valence-corrected chi connectivity index (χ0v) is 9.16. The second-order valence-corrected chi connectivity index (χ2v) is 3.14. The van der Waals surface area contributed by atoms with Crippen molar-refractivity contribution in [2.75, 3.05) is 24.7 Å². The van der Waals surface area contributed by atoms with Crippen molar-refractivity contribution in [1.29, 1.82) is 0 Å². The zero-order chi connectivity index (χ0) is 11.3. The van der Waals surface area contributed by atoms with Crippen LogP contribution in [0, 0.1) is 0 Å². The van der Waals surface area contributed by atoms with Crippen molar-refractivity contribution >= 4 is 17.5 Å². The highest BCUT2D eigenvalue weighted by Crippen LogP contribution is 2.09. The monoisotopic (exact) mass is 208 g/mol. The molecule has 3 N–H and O–H groups in total. The summed E-state index contributed by atoms with van der Waals surface area (Å²) in [6, 6.07) is 5.25. The van der Waals surface area contributed by atoms with Crippen molar-refractivity contribution < 1.29 is 4.79 Å². The van der Waals surface area contributed by atoms with Gasteiger partial charge in [-0.2, -0.15) is 0 Å². The van der Waals surface area contributed by atoms with Crippen LogP contribution in [0.5, 0.6) is 0 Å². The van der Waals surface area contributed by atoms with Gasteiger partial charge < -0.3 is 16.0 Å². The third-order valence-electron chi connectivity index (χ3n) is 2.01. The Bertz CT molecular complexity index is 340. The van der Waals surface area contributed by atoms with Gasteiger partial charge in [0.2, 0.25) is 5.91 Å². The largest absolute Gasteiger partial charge is 0.373 e. The fourth-order valence-corrected chi connectivity index (χ4v) is 1.16. The minimum atomic E-state index is -0.297. The number of hydrogen-bond acceptors (Lipinski definition) is 4. The van der Waals surface area contributed by atoms with Crippen LogP contribution in [-0.2, 0) is 4.79 Å². The second kappa shape index (κ2) is 5.19. The number of carbonyl (C=O) groups is 1. The molecule has 0 saturated heterocycles. The average Bonchev–Trinajstić information content (AvgIpc) is 2.28. The van der Waals surface area contributed by atoms with Crippen LogP contribution in [0.4, 0.5) is 11.6 Å². The van der Waals surface area contributed by atoms with Gasteiger partial charge in [0, 0.05) is 14.1 Å². The van der Waals surface area contributed by atoms with Crippen molar-refractivity contribution in [3.05, 3.63) is 18.2 Å². The summed E-state index contributed by atoms with van der Waals surface area (Å²) in [6.45, 7) is 1.78. The highest BCUT2D eigenvalue weighted by atomic mass is 16.2. The van der Waals surface area contributed by atoms with Crippen LogP contribution in [0.25, 0.3) is 0 Å². The zero-order valence-electron chi connectivity index (χ0n) is 9.16. The number of carbonyl (C=O) groups excluding carboxylic acids is 1. The van der Waals surface area contributed by atoms with E-state index in [0.717, 1.165) is 5.82 Å². The molecule has 0 aliphatic carbocycles. The summed E-state index contributed by atoms with van der Waals surface area (Å²) in [5.74, 6) is 1.38. The minimum absolute atomic E-state index is 0.0633. The molecule has 1 amide bonds. The van der Waals surface area contributed by atoms with Gasteiger partial charge in [-0.05, 0) is 19.1 Å². The number of nitrogens with zero attached hydrogens (tertiary/aromatic N) is 1. The van der Waals surface area contributed by atoms with Crippen molar-refractivity contribution in [1.82, 2.24) is 10.3 Å². The Labute approximate surface area is 89.3 Å². The number of anilines is 2. The van der Waals surface area contributed by atoms with Gasteiger partial charge in [0.05, 0.1) is 0 Å². The van der Waals surface area contributed by atoms with Crippen LogP contribution >= 0.6 is 0 Å². The Balaban J connectivity index is 2.67. The molecule has 5 nitrogen and oxygen atoms in total. The van der Waals surface area contributed by atoms with Crippen LogP contribution in [-0.4, -0.2) is 31.0 Å². The number of aromatic nitrogens is 1. The molecule has 1 heterocycles. The third kappa shape index (κ3) is 3.12. The molecule has 15 heavy (non-hydrogen) atoms. The van der Waals surface area contributed by atoms with Crippen LogP contribution < -0.4 is 16.0 Å². The molecule has 0 radical (unpaired) electrons. The van der Waals surface area contributed by atoms with E-state index in [9.17, 15) is 4.79 Å². The first-order chi connectivity index (χ1) is 7.17. The number of nitrogens with one attached hydrogen (secondary N) is 3. The highest BCUT2D eigenvalue weighted by Gasteiger charge is 2.10. The molecule has 0 aromatic carbocycles. The van der Waals surface area contributed by atoms with Gasteiger partial charge in [0.1, 0.15) is 17.7 Å². The first-order valence-electron chi connectivity index (χ1n) is 4.80. The van der Waals surface area contributed by atoms with E-state index in [-0.39, 0.29) is 11.9 Å². The van der Waals surface area contributed by atoms with Crippen molar-refractivity contribution in [3.8, 4) is 0 Å². The van der Waals surface area contributed by atoms with Crippen LogP contribution in [0.3, 0.4) is 0 Å². The Morgan fingerprint density at radius 3 is 2.60 bits per heavy atom. The number of pyridine rings is 1. The van der Waals surface area contributed by atoms with E-state index in [1.54, 1.807) is 21.0 Å². The van der Waals surface area contributed by atoms with Gasteiger partial charge in [-0.1, -0.05) is 6.07 Å². The Hall–Kier alpha value is -1.78. The standard InChI is InChI=1S/C10H16N4O/c1-7(10(15)12-3)13-9-6-4-5-8(11-2)14-9/h4-7H,1-3H3,(H,12,15)(H2,11,13,14). The molecule has 1 atom stereocenters. The maximum Gasteiger partial charge on any atom is 0.241 e.